The van der Waals surface area contributed by atoms with E-state index in [0.717, 1.165) is 13.0 Å². The average Bonchev–Trinajstić information content (AvgIpc) is 2.62. The van der Waals surface area contributed by atoms with Crippen LogP contribution in [0.4, 0.5) is 0 Å². The summed E-state index contributed by atoms with van der Waals surface area (Å²) in [4.78, 5) is 13.2. The van der Waals surface area contributed by atoms with E-state index in [-0.39, 0.29) is 12.0 Å². The summed E-state index contributed by atoms with van der Waals surface area (Å²) in [6.07, 6.45) is 2.18. The van der Waals surface area contributed by atoms with E-state index >= 15 is 0 Å². The zero-order valence-electron chi connectivity index (χ0n) is 6.04. The lowest BCUT2D eigenvalue weighted by Crippen LogP contribution is -2.27. The molecule has 0 aliphatic carbocycles. The number of nitrogens with zero attached hydrogens (tertiary/aromatic N) is 1. The van der Waals surface area contributed by atoms with Crippen molar-refractivity contribution in [1.29, 1.82) is 0 Å². The SMILES string of the molecule is COC(=O)C1CCC2CN21. The van der Waals surface area contributed by atoms with Gasteiger partial charge in [-0.15, -0.1) is 0 Å². The molecule has 2 saturated heterocycles. The molecule has 2 fully saturated rings. The van der Waals surface area contributed by atoms with E-state index in [4.69, 9.17) is 0 Å². The molecule has 2 aliphatic rings. The van der Waals surface area contributed by atoms with Crippen molar-refractivity contribution in [2.75, 3.05) is 13.7 Å². The predicted molar refractivity (Wildman–Crippen MR) is 35.5 cm³/mol. The topological polar surface area (TPSA) is 29.3 Å². The summed E-state index contributed by atoms with van der Waals surface area (Å²) in [5, 5.41) is 0. The van der Waals surface area contributed by atoms with Crippen molar-refractivity contribution in [2.24, 2.45) is 0 Å². The summed E-state index contributed by atoms with van der Waals surface area (Å²) >= 11 is 0. The highest BCUT2D eigenvalue weighted by Gasteiger charge is 2.48. The lowest BCUT2D eigenvalue weighted by atomic mass is 10.2. The van der Waals surface area contributed by atoms with Gasteiger partial charge in [-0.05, 0) is 12.8 Å². The summed E-state index contributed by atoms with van der Waals surface area (Å²) in [7, 11) is 1.46. The molecule has 3 unspecified atom stereocenters. The van der Waals surface area contributed by atoms with Crippen LogP contribution in [0, 0.1) is 0 Å². The molecule has 0 aromatic carbocycles. The third-order valence-electron chi connectivity index (χ3n) is 2.40. The zero-order valence-corrected chi connectivity index (χ0v) is 6.04. The number of rotatable bonds is 1. The Morgan fingerprint density at radius 3 is 2.80 bits per heavy atom. The van der Waals surface area contributed by atoms with Crippen molar-refractivity contribution in [3.63, 3.8) is 0 Å². The fourth-order valence-corrected chi connectivity index (χ4v) is 1.74. The van der Waals surface area contributed by atoms with Crippen LogP contribution in [0.25, 0.3) is 0 Å². The fraction of sp³-hybridized carbons (Fsp3) is 0.857. The summed E-state index contributed by atoms with van der Waals surface area (Å²) in [6, 6.07) is 0.805. The maximum absolute atomic E-state index is 11.0. The number of methoxy groups -OCH3 is 1. The van der Waals surface area contributed by atoms with Crippen LogP contribution in [0.5, 0.6) is 0 Å². The molecule has 0 N–H and O–H groups in total. The molecule has 0 spiro atoms. The largest absolute Gasteiger partial charge is 0.468 e. The minimum Gasteiger partial charge on any atom is -0.468 e. The predicted octanol–water partition coefficient (Wildman–Crippen LogP) is 0.00600. The van der Waals surface area contributed by atoms with E-state index in [1.54, 1.807) is 0 Å². The lowest BCUT2D eigenvalue weighted by Gasteiger charge is -2.08. The summed E-state index contributed by atoms with van der Waals surface area (Å²) in [6.45, 7) is 1.11. The van der Waals surface area contributed by atoms with Gasteiger partial charge in [0.15, 0.2) is 0 Å². The molecular formula is C7H11NO2. The molecule has 3 nitrogen and oxygen atoms in total. The van der Waals surface area contributed by atoms with Crippen molar-refractivity contribution in [2.45, 2.75) is 24.9 Å². The summed E-state index contributed by atoms with van der Waals surface area (Å²) < 4.78 is 4.65. The monoisotopic (exact) mass is 141 g/mol. The summed E-state index contributed by atoms with van der Waals surface area (Å²) in [5.41, 5.74) is 0. The van der Waals surface area contributed by atoms with Gasteiger partial charge in [-0.1, -0.05) is 0 Å². The second kappa shape index (κ2) is 1.95. The van der Waals surface area contributed by atoms with Gasteiger partial charge < -0.3 is 4.74 Å². The van der Waals surface area contributed by atoms with Gasteiger partial charge in [-0.3, -0.25) is 9.69 Å². The maximum atomic E-state index is 11.0. The first-order valence-corrected chi connectivity index (χ1v) is 3.66. The van der Waals surface area contributed by atoms with Gasteiger partial charge in [0.25, 0.3) is 0 Å². The molecular weight excluding hydrogens is 130 g/mol. The molecule has 0 aromatic rings. The molecule has 3 atom stereocenters. The average molecular weight is 141 g/mol. The first-order chi connectivity index (χ1) is 4.83. The van der Waals surface area contributed by atoms with Crippen molar-refractivity contribution in [3.8, 4) is 0 Å². The molecule has 0 bridgehead atoms. The molecule has 3 heteroatoms. The minimum atomic E-state index is -0.0556. The zero-order chi connectivity index (χ0) is 7.14. The highest BCUT2D eigenvalue weighted by Crippen LogP contribution is 2.35. The third-order valence-corrected chi connectivity index (χ3v) is 2.40. The molecule has 0 saturated carbocycles. The first kappa shape index (κ1) is 6.16. The van der Waals surface area contributed by atoms with Crippen molar-refractivity contribution in [3.05, 3.63) is 0 Å². The number of hydrogen-bond donors (Lipinski definition) is 0. The van der Waals surface area contributed by atoms with Crippen LogP contribution in [0.15, 0.2) is 0 Å². The van der Waals surface area contributed by atoms with E-state index in [1.807, 2.05) is 0 Å². The quantitative estimate of drug-likeness (QED) is 0.380. The molecule has 2 heterocycles. The van der Waals surface area contributed by atoms with Gasteiger partial charge in [0, 0.05) is 12.6 Å². The number of esters is 1. The van der Waals surface area contributed by atoms with Crippen LogP contribution in [-0.4, -0.2) is 36.6 Å². The molecule has 0 aromatic heterocycles. The van der Waals surface area contributed by atoms with E-state index in [9.17, 15) is 4.79 Å². The number of carbonyl (C=O) groups is 1. The molecule has 0 radical (unpaired) electrons. The minimum absolute atomic E-state index is 0.0556. The van der Waals surface area contributed by atoms with Crippen LogP contribution < -0.4 is 0 Å². The number of carbonyl (C=O) groups excluding carboxylic acids is 1. The van der Waals surface area contributed by atoms with Gasteiger partial charge >= 0.3 is 5.97 Å². The number of hydrogen-bond acceptors (Lipinski definition) is 3. The van der Waals surface area contributed by atoms with Gasteiger partial charge in [0.1, 0.15) is 6.04 Å². The fourth-order valence-electron chi connectivity index (χ4n) is 1.74. The molecule has 0 amide bonds. The van der Waals surface area contributed by atoms with E-state index < -0.39 is 0 Å². The van der Waals surface area contributed by atoms with E-state index in [0.29, 0.717) is 6.04 Å². The van der Waals surface area contributed by atoms with E-state index in [2.05, 4.69) is 9.64 Å². The third kappa shape index (κ3) is 0.736. The van der Waals surface area contributed by atoms with Gasteiger partial charge in [0.05, 0.1) is 7.11 Å². The Bertz CT molecular complexity index is 169. The van der Waals surface area contributed by atoms with Crippen molar-refractivity contribution < 1.29 is 9.53 Å². The molecule has 2 aliphatic heterocycles. The van der Waals surface area contributed by atoms with Gasteiger partial charge in [-0.25, -0.2) is 0 Å². The number of piperidine rings is 1. The standard InChI is InChI=1S/C7H11NO2/c1-10-7(9)6-3-2-5-4-8(5)6/h5-6H,2-4H2,1H3. The lowest BCUT2D eigenvalue weighted by molar-refractivity contribution is -0.144. The second-order valence-electron chi connectivity index (χ2n) is 2.97. The Morgan fingerprint density at radius 2 is 2.40 bits per heavy atom. The van der Waals surface area contributed by atoms with E-state index in [1.165, 1.54) is 13.5 Å². The first-order valence-electron chi connectivity index (χ1n) is 3.66. The summed E-state index contributed by atoms with van der Waals surface area (Å²) in [5.74, 6) is -0.0556. The molecule has 56 valence electrons. The Kier molecular flexibility index (Phi) is 1.20. The smallest absolute Gasteiger partial charge is 0.323 e. The number of ether oxygens (including phenoxy) is 1. The molecule has 2 rings (SSSR count). The molecule has 10 heavy (non-hydrogen) atoms. The van der Waals surface area contributed by atoms with Crippen molar-refractivity contribution >= 4 is 5.97 Å². The highest BCUT2D eigenvalue weighted by molar-refractivity contribution is 5.76. The Hall–Kier alpha value is -0.570. The maximum Gasteiger partial charge on any atom is 0.323 e. The van der Waals surface area contributed by atoms with Crippen LogP contribution in [0.3, 0.4) is 0 Å². The van der Waals surface area contributed by atoms with Gasteiger partial charge in [0.2, 0.25) is 0 Å². The van der Waals surface area contributed by atoms with Crippen LogP contribution in [0.1, 0.15) is 12.8 Å². The van der Waals surface area contributed by atoms with Crippen LogP contribution in [0.2, 0.25) is 0 Å². The number of fused-ring (bicyclic) bond motifs is 1. The highest BCUT2D eigenvalue weighted by atomic mass is 16.5. The Labute approximate surface area is 60.0 Å². The Morgan fingerprint density at radius 1 is 1.60 bits per heavy atom. The van der Waals surface area contributed by atoms with Crippen LogP contribution in [-0.2, 0) is 9.53 Å². The van der Waals surface area contributed by atoms with Crippen LogP contribution >= 0.6 is 0 Å². The Balaban J connectivity index is 1.98. The van der Waals surface area contributed by atoms with Gasteiger partial charge in [-0.2, -0.15) is 0 Å². The second-order valence-corrected chi connectivity index (χ2v) is 2.97. The van der Waals surface area contributed by atoms with Crippen molar-refractivity contribution in [1.82, 2.24) is 4.90 Å². The normalized spacial score (nSPS) is 42.7.